The molecule has 0 atom stereocenters. The Bertz CT molecular complexity index is 923. The summed E-state index contributed by atoms with van der Waals surface area (Å²) < 4.78 is 28.1. The molecule has 2 aromatic heterocycles. The van der Waals surface area contributed by atoms with Crippen LogP contribution in [0, 0.1) is 11.6 Å². The number of rotatable bonds is 4. The van der Waals surface area contributed by atoms with Gasteiger partial charge in [0, 0.05) is 37.7 Å². The minimum Gasteiger partial charge on any atom is -0.380 e. The molecule has 0 saturated carbocycles. The first-order valence-corrected chi connectivity index (χ1v) is 8.89. The van der Waals surface area contributed by atoms with Crippen LogP contribution in [-0.4, -0.2) is 23.1 Å². The van der Waals surface area contributed by atoms with Crippen molar-refractivity contribution in [3.8, 4) is 0 Å². The molecule has 1 aliphatic heterocycles. The van der Waals surface area contributed by atoms with Crippen molar-refractivity contribution in [2.45, 2.75) is 25.8 Å². The van der Waals surface area contributed by atoms with Gasteiger partial charge in [0.05, 0.1) is 5.39 Å². The van der Waals surface area contributed by atoms with Crippen LogP contribution in [0.1, 0.15) is 24.8 Å². The van der Waals surface area contributed by atoms with E-state index in [4.69, 9.17) is 0 Å². The van der Waals surface area contributed by atoms with E-state index in [1.165, 1.54) is 25.5 Å². The number of fused-ring (bicyclic) bond motifs is 1. The first-order chi connectivity index (χ1) is 12.7. The number of nitrogens with zero attached hydrogens (tertiary/aromatic N) is 3. The molecule has 26 heavy (non-hydrogen) atoms. The molecule has 0 spiro atoms. The van der Waals surface area contributed by atoms with Crippen LogP contribution in [0.15, 0.2) is 42.7 Å². The van der Waals surface area contributed by atoms with Gasteiger partial charge in [0.2, 0.25) is 0 Å². The Kier molecular flexibility index (Phi) is 4.65. The number of pyridine rings is 2. The summed E-state index contributed by atoms with van der Waals surface area (Å²) in [5.41, 5.74) is 1.62. The lowest BCUT2D eigenvalue weighted by molar-refractivity contribution is 0.573. The van der Waals surface area contributed by atoms with Gasteiger partial charge in [0.15, 0.2) is 0 Å². The van der Waals surface area contributed by atoms with Crippen molar-refractivity contribution in [2.24, 2.45) is 0 Å². The van der Waals surface area contributed by atoms with Crippen LogP contribution in [0.3, 0.4) is 0 Å². The van der Waals surface area contributed by atoms with Crippen molar-refractivity contribution in [1.82, 2.24) is 9.97 Å². The molecule has 1 fully saturated rings. The van der Waals surface area contributed by atoms with Gasteiger partial charge in [-0.25, -0.2) is 13.8 Å². The summed E-state index contributed by atoms with van der Waals surface area (Å²) in [6, 6.07) is 7.88. The highest BCUT2D eigenvalue weighted by Crippen LogP contribution is 2.27. The Balaban J connectivity index is 1.56. The number of benzene rings is 1. The van der Waals surface area contributed by atoms with Crippen LogP contribution in [-0.2, 0) is 6.54 Å². The van der Waals surface area contributed by atoms with Gasteiger partial charge in [-0.15, -0.1) is 0 Å². The second-order valence-corrected chi connectivity index (χ2v) is 6.53. The summed E-state index contributed by atoms with van der Waals surface area (Å²) in [7, 11) is 0. The van der Waals surface area contributed by atoms with Gasteiger partial charge in [0.25, 0.3) is 0 Å². The highest BCUT2D eigenvalue weighted by Gasteiger charge is 2.13. The molecule has 0 aliphatic carbocycles. The Morgan fingerprint density at radius 2 is 1.69 bits per heavy atom. The van der Waals surface area contributed by atoms with E-state index in [-0.39, 0.29) is 10.9 Å². The molecular weight excluding hydrogens is 334 g/mol. The molecule has 1 N–H and O–H groups in total. The smallest absolute Gasteiger partial charge is 0.149 e. The molecule has 0 unspecified atom stereocenters. The number of hydrogen-bond donors (Lipinski definition) is 1. The summed E-state index contributed by atoms with van der Waals surface area (Å²) in [6.45, 7) is 2.56. The second-order valence-electron chi connectivity index (χ2n) is 6.53. The molecule has 1 saturated heterocycles. The van der Waals surface area contributed by atoms with Crippen LogP contribution >= 0.6 is 0 Å². The molecule has 0 amide bonds. The third-order valence-corrected chi connectivity index (χ3v) is 4.76. The number of nitrogens with one attached hydrogen (secondary N) is 1. The van der Waals surface area contributed by atoms with Crippen LogP contribution in [0.25, 0.3) is 10.9 Å². The molecule has 134 valence electrons. The van der Waals surface area contributed by atoms with Gasteiger partial charge >= 0.3 is 0 Å². The van der Waals surface area contributed by atoms with E-state index in [2.05, 4.69) is 26.3 Å². The van der Waals surface area contributed by atoms with E-state index >= 15 is 0 Å². The van der Waals surface area contributed by atoms with Crippen molar-refractivity contribution in [2.75, 3.05) is 23.3 Å². The number of piperidine rings is 1. The zero-order chi connectivity index (χ0) is 17.9. The average Bonchev–Trinajstić information content (AvgIpc) is 2.70. The fourth-order valence-electron chi connectivity index (χ4n) is 3.40. The number of halogens is 2. The Hall–Kier alpha value is -2.76. The van der Waals surface area contributed by atoms with E-state index in [0.29, 0.717) is 12.2 Å². The summed E-state index contributed by atoms with van der Waals surface area (Å²) >= 11 is 0. The summed E-state index contributed by atoms with van der Waals surface area (Å²) in [6.07, 6.45) is 6.94. The lowest BCUT2D eigenvalue weighted by Crippen LogP contribution is -2.30. The monoisotopic (exact) mass is 354 g/mol. The van der Waals surface area contributed by atoms with E-state index in [1.807, 2.05) is 6.07 Å². The number of hydrogen-bond acceptors (Lipinski definition) is 4. The normalized spacial score (nSPS) is 14.6. The fraction of sp³-hybridized carbons (Fsp3) is 0.300. The summed E-state index contributed by atoms with van der Waals surface area (Å²) in [4.78, 5) is 10.7. The van der Waals surface area contributed by atoms with Crippen LogP contribution < -0.4 is 10.2 Å². The molecule has 4 rings (SSSR count). The quantitative estimate of drug-likeness (QED) is 0.748. The highest BCUT2D eigenvalue weighted by atomic mass is 19.1. The molecule has 1 aliphatic rings. The van der Waals surface area contributed by atoms with Gasteiger partial charge in [-0.3, -0.25) is 4.98 Å². The third-order valence-electron chi connectivity index (χ3n) is 4.76. The van der Waals surface area contributed by atoms with E-state index in [1.54, 1.807) is 12.3 Å². The summed E-state index contributed by atoms with van der Waals surface area (Å²) in [5, 5.41) is 3.39. The van der Waals surface area contributed by atoms with Gasteiger partial charge in [0.1, 0.15) is 23.0 Å². The van der Waals surface area contributed by atoms with Crippen molar-refractivity contribution in [3.63, 3.8) is 0 Å². The van der Waals surface area contributed by atoms with Crippen molar-refractivity contribution < 1.29 is 8.78 Å². The van der Waals surface area contributed by atoms with Crippen LogP contribution in [0.2, 0.25) is 0 Å². The topological polar surface area (TPSA) is 41.1 Å². The van der Waals surface area contributed by atoms with Gasteiger partial charge in [-0.2, -0.15) is 0 Å². The van der Waals surface area contributed by atoms with E-state index < -0.39 is 11.6 Å². The maximum atomic E-state index is 14.2. The largest absolute Gasteiger partial charge is 0.380 e. The van der Waals surface area contributed by atoms with Crippen molar-refractivity contribution in [3.05, 3.63) is 59.9 Å². The predicted octanol–water partition coefficient (Wildman–Crippen LogP) is 4.51. The van der Waals surface area contributed by atoms with E-state index in [0.717, 1.165) is 36.6 Å². The molecular formula is C20H20F2N4. The molecule has 3 aromatic rings. The zero-order valence-electron chi connectivity index (χ0n) is 14.4. The molecule has 4 nitrogen and oxygen atoms in total. The first-order valence-electron chi connectivity index (χ1n) is 8.89. The SMILES string of the molecule is Fc1ccc(F)c2c(NCc3ccnc(N4CCCCC4)c3)ccnc12. The van der Waals surface area contributed by atoms with Crippen molar-refractivity contribution in [1.29, 1.82) is 0 Å². The lowest BCUT2D eigenvalue weighted by Gasteiger charge is -2.28. The van der Waals surface area contributed by atoms with Gasteiger partial charge in [-0.05, 0) is 55.2 Å². The molecule has 6 heteroatoms. The standard InChI is InChI=1S/C20H20F2N4/c21-15-4-5-16(22)20-19(15)17(7-9-24-20)25-13-14-6-8-23-18(12-14)26-10-2-1-3-11-26/h4-9,12H,1-3,10-11,13H2,(H,24,25). The van der Waals surface area contributed by atoms with Crippen molar-refractivity contribution >= 4 is 22.4 Å². The predicted molar refractivity (Wildman–Crippen MR) is 99.3 cm³/mol. The highest BCUT2D eigenvalue weighted by molar-refractivity contribution is 5.91. The van der Waals surface area contributed by atoms with Crippen LogP contribution in [0.5, 0.6) is 0 Å². The molecule has 0 bridgehead atoms. The maximum absolute atomic E-state index is 14.2. The fourth-order valence-corrected chi connectivity index (χ4v) is 3.40. The Labute approximate surface area is 150 Å². The van der Waals surface area contributed by atoms with Gasteiger partial charge in [-0.1, -0.05) is 0 Å². The number of aromatic nitrogens is 2. The average molecular weight is 354 g/mol. The zero-order valence-corrected chi connectivity index (χ0v) is 14.4. The third kappa shape index (κ3) is 3.31. The number of anilines is 2. The Morgan fingerprint density at radius 3 is 2.54 bits per heavy atom. The maximum Gasteiger partial charge on any atom is 0.149 e. The molecule has 0 radical (unpaired) electrons. The van der Waals surface area contributed by atoms with Crippen LogP contribution in [0.4, 0.5) is 20.3 Å². The minimum absolute atomic E-state index is 0.0405. The van der Waals surface area contributed by atoms with Gasteiger partial charge < -0.3 is 10.2 Å². The first kappa shape index (κ1) is 16.7. The van der Waals surface area contributed by atoms with E-state index in [9.17, 15) is 8.78 Å². The Morgan fingerprint density at radius 1 is 0.923 bits per heavy atom. The minimum atomic E-state index is -0.527. The molecule has 1 aromatic carbocycles. The molecule has 3 heterocycles. The summed E-state index contributed by atoms with van der Waals surface area (Å²) in [5.74, 6) is -0.0390. The lowest BCUT2D eigenvalue weighted by atomic mass is 10.1. The second kappa shape index (κ2) is 7.23.